The van der Waals surface area contributed by atoms with Gasteiger partial charge in [-0.1, -0.05) is 42.5 Å². The Bertz CT molecular complexity index is 613. The molecule has 4 nitrogen and oxygen atoms in total. The molecule has 0 heterocycles. The quantitative estimate of drug-likeness (QED) is 0.861. The number of ether oxygens (including phenoxy) is 1. The Kier molecular flexibility index (Phi) is 5.55. The van der Waals surface area contributed by atoms with Crippen molar-refractivity contribution in [3.8, 4) is 5.75 Å². The summed E-state index contributed by atoms with van der Waals surface area (Å²) in [5, 5.41) is 2.91. The number of nitrogens with two attached hydrogens (primary N) is 1. The lowest BCUT2D eigenvalue weighted by atomic mass is 10.00. The van der Waals surface area contributed by atoms with E-state index in [0.29, 0.717) is 6.54 Å². The van der Waals surface area contributed by atoms with Crippen LogP contribution in [0, 0.1) is 0 Å². The first-order chi connectivity index (χ1) is 10.6. The molecule has 0 fully saturated rings. The fourth-order valence-electron chi connectivity index (χ4n) is 2.24. The van der Waals surface area contributed by atoms with Crippen molar-refractivity contribution in [2.75, 3.05) is 13.7 Å². The summed E-state index contributed by atoms with van der Waals surface area (Å²) in [5.41, 5.74) is 8.03. The third kappa shape index (κ3) is 4.09. The number of amides is 1. The van der Waals surface area contributed by atoms with Gasteiger partial charge < -0.3 is 15.8 Å². The van der Waals surface area contributed by atoms with Crippen LogP contribution in [0.1, 0.15) is 30.0 Å². The summed E-state index contributed by atoms with van der Waals surface area (Å²) in [6, 6.07) is 17.1. The SMILES string of the molecule is COc1cccc(C(C)C(=O)NCC(N)c2ccccc2)c1. The number of carbonyl (C=O) groups excluding carboxylic acids is 1. The van der Waals surface area contributed by atoms with Gasteiger partial charge in [0.25, 0.3) is 0 Å². The van der Waals surface area contributed by atoms with Crippen molar-refractivity contribution < 1.29 is 9.53 Å². The van der Waals surface area contributed by atoms with E-state index < -0.39 is 0 Å². The van der Waals surface area contributed by atoms with E-state index in [2.05, 4.69) is 5.32 Å². The number of hydrogen-bond donors (Lipinski definition) is 2. The first kappa shape index (κ1) is 16.0. The summed E-state index contributed by atoms with van der Waals surface area (Å²) in [6.45, 7) is 2.29. The van der Waals surface area contributed by atoms with E-state index in [-0.39, 0.29) is 17.9 Å². The van der Waals surface area contributed by atoms with Crippen molar-refractivity contribution in [1.29, 1.82) is 0 Å². The molecular weight excluding hydrogens is 276 g/mol. The van der Waals surface area contributed by atoms with E-state index in [1.807, 2.05) is 61.5 Å². The molecule has 0 bridgehead atoms. The molecule has 2 atom stereocenters. The molecule has 0 saturated carbocycles. The minimum Gasteiger partial charge on any atom is -0.497 e. The second kappa shape index (κ2) is 7.61. The van der Waals surface area contributed by atoms with Gasteiger partial charge in [-0.15, -0.1) is 0 Å². The number of carbonyl (C=O) groups is 1. The van der Waals surface area contributed by atoms with E-state index in [1.54, 1.807) is 7.11 Å². The Balaban J connectivity index is 1.94. The lowest BCUT2D eigenvalue weighted by molar-refractivity contribution is -0.122. The highest BCUT2D eigenvalue weighted by molar-refractivity contribution is 5.83. The van der Waals surface area contributed by atoms with Gasteiger partial charge in [0.05, 0.1) is 13.0 Å². The maximum atomic E-state index is 12.3. The molecule has 22 heavy (non-hydrogen) atoms. The van der Waals surface area contributed by atoms with Crippen LogP contribution >= 0.6 is 0 Å². The second-order valence-corrected chi connectivity index (χ2v) is 5.26. The Morgan fingerprint density at radius 1 is 1.14 bits per heavy atom. The molecule has 0 aromatic heterocycles. The van der Waals surface area contributed by atoms with Crippen LogP contribution in [-0.2, 0) is 4.79 Å². The molecule has 2 rings (SSSR count). The zero-order chi connectivity index (χ0) is 15.9. The van der Waals surface area contributed by atoms with Crippen LogP contribution in [0.5, 0.6) is 5.75 Å². The molecule has 116 valence electrons. The molecule has 0 saturated heterocycles. The summed E-state index contributed by atoms with van der Waals surface area (Å²) in [5.74, 6) is 0.454. The van der Waals surface area contributed by atoms with Crippen LogP contribution in [0.3, 0.4) is 0 Å². The molecule has 0 aliphatic heterocycles. The van der Waals surface area contributed by atoms with Crippen LogP contribution in [0.4, 0.5) is 0 Å². The summed E-state index contributed by atoms with van der Waals surface area (Å²) < 4.78 is 5.19. The molecule has 2 aromatic rings. The van der Waals surface area contributed by atoms with Gasteiger partial charge in [-0.3, -0.25) is 4.79 Å². The summed E-state index contributed by atoms with van der Waals surface area (Å²) in [6.07, 6.45) is 0. The largest absolute Gasteiger partial charge is 0.497 e. The number of hydrogen-bond acceptors (Lipinski definition) is 3. The summed E-state index contributed by atoms with van der Waals surface area (Å²) >= 11 is 0. The Labute approximate surface area is 131 Å². The number of benzene rings is 2. The van der Waals surface area contributed by atoms with Gasteiger partial charge >= 0.3 is 0 Å². The fraction of sp³-hybridized carbons (Fsp3) is 0.278. The Morgan fingerprint density at radius 2 is 1.82 bits per heavy atom. The number of methoxy groups -OCH3 is 1. The van der Waals surface area contributed by atoms with Crippen LogP contribution < -0.4 is 15.8 Å². The lowest BCUT2D eigenvalue weighted by Gasteiger charge is -2.17. The zero-order valence-corrected chi connectivity index (χ0v) is 13.0. The maximum absolute atomic E-state index is 12.3. The maximum Gasteiger partial charge on any atom is 0.227 e. The van der Waals surface area contributed by atoms with Gasteiger partial charge in [0.2, 0.25) is 5.91 Å². The van der Waals surface area contributed by atoms with Gasteiger partial charge in [-0.2, -0.15) is 0 Å². The average molecular weight is 298 g/mol. The smallest absolute Gasteiger partial charge is 0.227 e. The standard InChI is InChI=1S/C18H22N2O2/c1-13(15-9-6-10-16(11-15)22-2)18(21)20-12-17(19)14-7-4-3-5-8-14/h3-11,13,17H,12,19H2,1-2H3,(H,20,21). The monoisotopic (exact) mass is 298 g/mol. The van der Waals surface area contributed by atoms with Crippen molar-refractivity contribution in [2.24, 2.45) is 5.73 Å². The van der Waals surface area contributed by atoms with Crippen molar-refractivity contribution in [1.82, 2.24) is 5.32 Å². The summed E-state index contributed by atoms with van der Waals surface area (Å²) in [7, 11) is 1.61. The third-order valence-electron chi connectivity index (χ3n) is 3.71. The van der Waals surface area contributed by atoms with Crippen molar-refractivity contribution in [3.63, 3.8) is 0 Å². The minimum atomic E-state index is -0.252. The van der Waals surface area contributed by atoms with Crippen LogP contribution in [-0.4, -0.2) is 19.6 Å². The predicted molar refractivity (Wildman–Crippen MR) is 87.8 cm³/mol. The lowest BCUT2D eigenvalue weighted by Crippen LogP contribution is -2.34. The molecule has 0 aliphatic rings. The van der Waals surface area contributed by atoms with Crippen LogP contribution in [0.15, 0.2) is 54.6 Å². The number of rotatable bonds is 6. The van der Waals surface area contributed by atoms with E-state index in [4.69, 9.17) is 10.5 Å². The highest BCUT2D eigenvalue weighted by Gasteiger charge is 2.16. The van der Waals surface area contributed by atoms with E-state index >= 15 is 0 Å². The van der Waals surface area contributed by atoms with Crippen LogP contribution in [0.2, 0.25) is 0 Å². The van der Waals surface area contributed by atoms with Gasteiger partial charge in [0.15, 0.2) is 0 Å². The fourth-order valence-corrected chi connectivity index (χ4v) is 2.24. The molecule has 2 aromatic carbocycles. The normalized spacial score (nSPS) is 13.2. The minimum absolute atomic E-state index is 0.0420. The van der Waals surface area contributed by atoms with E-state index in [9.17, 15) is 4.79 Å². The first-order valence-electron chi connectivity index (χ1n) is 7.34. The van der Waals surface area contributed by atoms with Crippen molar-refractivity contribution >= 4 is 5.91 Å². The Morgan fingerprint density at radius 3 is 2.50 bits per heavy atom. The molecule has 0 aliphatic carbocycles. The molecule has 4 heteroatoms. The van der Waals surface area contributed by atoms with Crippen LogP contribution in [0.25, 0.3) is 0 Å². The molecule has 2 unspecified atom stereocenters. The van der Waals surface area contributed by atoms with E-state index in [1.165, 1.54) is 0 Å². The molecule has 0 radical (unpaired) electrons. The third-order valence-corrected chi connectivity index (χ3v) is 3.71. The number of nitrogens with one attached hydrogen (secondary N) is 1. The second-order valence-electron chi connectivity index (χ2n) is 5.26. The highest BCUT2D eigenvalue weighted by Crippen LogP contribution is 2.20. The van der Waals surface area contributed by atoms with Crippen molar-refractivity contribution in [2.45, 2.75) is 18.9 Å². The molecule has 0 spiro atoms. The molecule has 3 N–H and O–H groups in total. The van der Waals surface area contributed by atoms with Gasteiger partial charge in [-0.05, 0) is 30.2 Å². The average Bonchev–Trinajstić information content (AvgIpc) is 2.59. The predicted octanol–water partition coefficient (Wildman–Crippen LogP) is 2.61. The highest BCUT2D eigenvalue weighted by atomic mass is 16.5. The molecule has 1 amide bonds. The Hall–Kier alpha value is -2.33. The summed E-state index contributed by atoms with van der Waals surface area (Å²) in [4.78, 5) is 12.3. The first-order valence-corrected chi connectivity index (χ1v) is 7.34. The topological polar surface area (TPSA) is 64.3 Å². The zero-order valence-electron chi connectivity index (χ0n) is 13.0. The molecular formula is C18H22N2O2. The van der Waals surface area contributed by atoms with Crippen molar-refractivity contribution in [3.05, 3.63) is 65.7 Å². The van der Waals surface area contributed by atoms with Gasteiger partial charge in [0, 0.05) is 12.6 Å². The van der Waals surface area contributed by atoms with Gasteiger partial charge in [0.1, 0.15) is 5.75 Å². The van der Waals surface area contributed by atoms with E-state index in [0.717, 1.165) is 16.9 Å². The van der Waals surface area contributed by atoms with Gasteiger partial charge in [-0.25, -0.2) is 0 Å².